The number of sulfonamides is 1. The highest BCUT2D eigenvalue weighted by atomic mass is 32.2. The van der Waals surface area contributed by atoms with Gasteiger partial charge in [0.1, 0.15) is 5.82 Å². The molecule has 0 saturated carbocycles. The molecule has 0 aromatic heterocycles. The van der Waals surface area contributed by atoms with E-state index >= 15 is 0 Å². The van der Waals surface area contributed by atoms with Gasteiger partial charge < -0.3 is 10.0 Å². The predicted octanol–water partition coefficient (Wildman–Crippen LogP) is 2.83. The van der Waals surface area contributed by atoms with Gasteiger partial charge in [-0.2, -0.15) is 4.31 Å². The van der Waals surface area contributed by atoms with Gasteiger partial charge in [-0.1, -0.05) is 24.3 Å². The lowest BCUT2D eigenvalue weighted by molar-refractivity contribution is 0.193. The number of likely N-dealkylation sites (N-methyl/N-ethyl adjacent to an activating group) is 1. The van der Waals surface area contributed by atoms with Crippen molar-refractivity contribution >= 4 is 27.1 Å². The number of amidine groups is 1. The second-order valence-corrected chi connectivity index (χ2v) is 10.3. The lowest BCUT2D eigenvalue weighted by Gasteiger charge is -2.44. The minimum Gasteiger partial charge on any atom is -0.394 e. The van der Waals surface area contributed by atoms with E-state index in [4.69, 9.17) is 0 Å². The zero-order valence-corrected chi connectivity index (χ0v) is 18.7. The maximum absolute atomic E-state index is 14.5. The van der Waals surface area contributed by atoms with Crippen LogP contribution in [0.1, 0.15) is 24.9 Å². The molecule has 1 unspecified atom stereocenters. The first-order valence-electron chi connectivity index (χ1n) is 10.7. The third-order valence-corrected chi connectivity index (χ3v) is 8.44. The third kappa shape index (κ3) is 3.18. The van der Waals surface area contributed by atoms with Crippen LogP contribution in [0.5, 0.6) is 0 Å². The number of aliphatic imine (C=N–C) groups is 2. The summed E-state index contributed by atoms with van der Waals surface area (Å²) >= 11 is 0. The van der Waals surface area contributed by atoms with Crippen molar-refractivity contribution in [3.05, 3.63) is 53.8 Å². The average molecular weight is 457 g/mol. The molecule has 1 N–H and O–H groups in total. The Morgan fingerprint density at radius 1 is 1.22 bits per heavy atom. The van der Waals surface area contributed by atoms with Gasteiger partial charge in [0.25, 0.3) is 15.2 Å². The van der Waals surface area contributed by atoms with Crippen LogP contribution >= 0.6 is 0 Å². The Morgan fingerprint density at radius 2 is 2.00 bits per heavy atom. The summed E-state index contributed by atoms with van der Waals surface area (Å²) in [6.07, 6.45) is 2.13. The summed E-state index contributed by atoms with van der Waals surface area (Å²) in [4.78, 5) is 10.2. The van der Waals surface area contributed by atoms with Gasteiger partial charge >= 0.3 is 0 Å². The number of hydrogen-bond acceptors (Lipinski definition) is 6. The van der Waals surface area contributed by atoms with Crippen molar-refractivity contribution in [2.75, 3.05) is 25.1 Å². The summed E-state index contributed by atoms with van der Waals surface area (Å²) in [5, 5.41) is 9.96. The van der Waals surface area contributed by atoms with E-state index in [-0.39, 0.29) is 35.6 Å². The van der Waals surface area contributed by atoms with Gasteiger partial charge in [0.15, 0.2) is 0 Å². The molecule has 5 rings (SSSR count). The first-order valence-corrected chi connectivity index (χ1v) is 12.1. The van der Waals surface area contributed by atoms with Crippen molar-refractivity contribution < 1.29 is 17.9 Å². The smallest absolute Gasteiger partial charge is 0.278 e. The Bertz CT molecular complexity index is 1230. The summed E-state index contributed by atoms with van der Waals surface area (Å²) in [6, 6.07) is 11.2. The van der Waals surface area contributed by atoms with Crippen LogP contribution in [0.4, 0.5) is 10.1 Å². The Kier molecular flexibility index (Phi) is 5.15. The highest BCUT2D eigenvalue weighted by Crippen LogP contribution is 2.50. The van der Waals surface area contributed by atoms with E-state index in [2.05, 4.69) is 9.98 Å². The van der Waals surface area contributed by atoms with Crippen LogP contribution in [0, 0.1) is 11.7 Å². The lowest BCUT2D eigenvalue weighted by Crippen LogP contribution is -2.48. The standard InChI is InChI=1S/C23H25FN4O3S/c1-14-12-25-23(26-14)32(30,31)28-10-9-17-21(13-29)27(2)20-8-7-15(11-18(20)22(17)28)16-5-3-4-6-19(16)24/h3-8,11-12,14,17,21-22,29H,9-10,13H2,1-2H3/t14?,17-,21+,22-/m0/s1. The maximum Gasteiger partial charge on any atom is 0.278 e. The molecule has 7 nitrogen and oxygen atoms in total. The zero-order chi connectivity index (χ0) is 22.6. The molecule has 32 heavy (non-hydrogen) atoms. The molecule has 3 aliphatic heterocycles. The SMILES string of the molecule is CC1C=NC(S(=O)(=O)N2CC[C@H]3[C@@H](CO)N(C)c4ccc(-c5ccccc5F)cc4[C@H]32)=N1. The van der Waals surface area contributed by atoms with Crippen LogP contribution in [0.25, 0.3) is 11.1 Å². The van der Waals surface area contributed by atoms with Gasteiger partial charge in [-0.3, -0.25) is 0 Å². The first kappa shape index (κ1) is 21.2. The van der Waals surface area contributed by atoms with Gasteiger partial charge in [0, 0.05) is 37.0 Å². The Morgan fingerprint density at radius 3 is 2.69 bits per heavy atom. The molecular weight excluding hydrogens is 431 g/mol. The van der Waals surface area contributed by atoms with Crippen molar-refractivity contribution in [1.29, 1.82) is 0 Å². The fraction of sp³-hybridized carbons (Fsp3) is 0.391. The molecule has 0 spiro atoms. The molecule has 9 heteroatoms. The number of benzene rings is 2. The second-order valence-electron chi connectivity index (χ2n) is 8.56. The Balaban J connectivity index is 1.65. The van der Waals surface area contributed by atoms with Gasteiger partial charge in [-0.05, 0) is 42.7 Å². The van der Waals surface area contributed by atoms with E-state index < -0.39 is 16.1 Å². The normalized spacial score (nSPS) is 27.4. The molecule has 4 atom stereocenters. The third-order valence-electron chi connectivity index (χ3n) is 6.74. The summed E-state index contributed by atoms with van der Waals surface area (Å²) in [6.45, 7) is 2.01. The molecule has 0 amide bonds. The quantitative estimate of drug-likeness (QED) is 0.770. The largest absolute Gasteiger partial charge is 0.394 e. The summed E-state index contributed by atoms with van der Waals surface area (Å²) in [5.74, 6) is -0.438. The van der Waals surface area contributed by atoms with E-state index in [1.807, 2.05) is 30.1 Å². The van der Waals surface area contributed by atoms with Crippen LogP contribution < -0.4 is 4.90 Å². The van der Waals surface area contributed by atoms with Gasteiger partial charge in [0.2, 0.25) is 0 Å². The monoisotopic (exact) mass is 456 g/mol. The number of rotatable bonds is 3. The molecule has 168 valence electrons. The fourth-order valence-corrected chi connectivity index (χ4v) is 6.81. The van der Waals surface area contributed by atoms with Crippen LogP contribution in [0.2, 0.25) is 0 Å². The molecule has 0 radical (unpaired) electrons. The molecule has 0 bridgehead atoms. The highest BCUT2D eigenvalue weighted by Gasteiger charge is 2.51. The van der Waals surface area contributed by atoms with E-state index in [9.17, 15) is 17.9 Å². The molecular formula is C23H25FN4O3S. The topological polar surface area (TPSA) is 85.6 Å². The number of aliphatic hydroxyl groups is 1. The summed E-state index contributed by atoms with van der Waals surface area (Å²) in [5.41, 5.74) is 2.78. The van der Waals surface area contributed by atoms with Crippen molar-refractivity contribution in [1.82, 2.24) is 4.31 Å². The van der Waals surface area contributed by atoms with Crippen LogP contribution in [-0.2, 0) is 10.0 Å². The predicted molar refractivity (Wildman–Crippen MR) is 123 cm³/mol. The van der Waals surface area contributed by atoms with Gasteiger partial charge in [0.05, 0.1) is 24.7 Å². The van der Waals surface area contributed by atoms with Crippen LogP contribution in [-0.4, -0.2) is 61.5 Å². The van der Waals surface area contributed by atoms with E-state index in [0.29, 0.717) is 24.1 Å². The maximum atomic E-state index is 14.5. The number of halogens is 1. The number of hydrogen-bond donors (Lipinski definition) is 1. The number of anilines is 1. The van der Waals surface area contributed by atoms with Gasteiger partial charge in [-0.25, -0.2) is 22.8 Å². The average Bonchev–Trinajstić information content (AvgIpc) is 3.42. The van der Waals surface area contributed by atoms with E-state index in [1.54, 1.807) is 25.1 Å². The first-order chi connectivity index (χ1) is 15.3. The van der Waals surface area contributed by atoms with Crippen molar-refractivity contribution in [2.45, 2.75) is 31.5 Å². The summed E-state index contributed by atoms with van der Waals surface area (Å²) in [7, 11) is -2.00. The molecule has 3 aliphatic rings. The minimum atomic E-state index is -3.91. The second kappa shape index (κ2) is 7.75. The van der Waals surface area contributed by atoms with Crippen molar-refractivity contribution in [3.8, 4) is 11.1 Å². The molecule has 0 aliphatic carbocycles. The van der Waals surface area contributed by atoms with E-state index in [1.165, 1.54) is 16.6 Å². The van der Waals surface area contributed by atoms with Crippen LogP contribution in [0.3, 0.4) is 0 Å². The lowest BCUT2D eigenvalue weighted by atomic mass is 9.81. The molecule has 2 aromatic carbocycles. The van der Waals surface area contributed by atoms with Crippen LogP contribution in [0.15, 0.2) is 52.4 Å². The Labute approximate surface area is 187 Å². The molecule has 2 aromatic rings. The number of aliphatic hydroxyl groups excluding tert-OH is 1. The van der Waals surface area contributed by atoms with E-state index in [0.717, 1.165) is 11.3 Å². The summed E-state index contributed by atoms with van der Waals surface area (Å²) < 4.78 is 42.9. The molecule has 1 fully saturated rings. The Hall–Kier alpha value is -2.62. The van der Waals surface area contributed by atoms with Crippen molar-refractivity contribution in [3.63, 3.8) is 0 Å². The fourth-order valence-electron chi connectivity index (χ4n) is 5.19. The number of nitrogens with zero attached hydrogens (tertiary/aromatic N) is 4. The number of fused-ring (bicyclic) bond motifs is 3. The zero-order valence-electron chi connectivity index (χ0n) is 17.9. The van der Waals surface area contributed by atoms with Gasteiger partial charge in [-0.15, -0.1) is 0 Å². The molecule has 1 saturated heterocycles. The minimum absolute atomic E-state index is 0.0871. The van der Waals surface area contributed by atoms with Crippen molar-refractivity contribution in [2.24, 2.45) is 15.9 Å². The highest BCUT2D eigenvalue weighted by molar-refractivity contribution is 8.04. The molecule has 3 heterocycles.